The third kappa shape index (κ3) is 1.58. The molecule has 0 aliphatic rings. The van der Waals surface area contributed by atoms with Gasteiger partial charge in [-0.2, -0.15) is 0 Å². The van der Waals surface area contributed by atoms with Gasteiger partial charge in [0.05, 0.1) is 5.56 Å². The quantitative estimate of drug-likeness (QED) is 0.661. The molecule has 0 saturated carbocycles. The highest BCUT2D eigenvalue weighted by molar-refractivity contribution is 5.89. The number of carboxylic acids is 1. The van der Waals surface area contributed by atoms with Crippen LogP contribution in [0.1, 0.15) is 21.5 Å². The van der Waals surface area contributed by atoms with Gasteiger partial charge in [-0.1, -0.05) is 17.7 Å². The van der Waals surface area contributed by atoms with E-state index in [1.165, 1.54) is 0 Å². The summed E-state index contributed by atoms with van der Waals surface area (Å²) in [5.41, 5.74) is 1.78. The Balaban J connectivity index is 3.23. The van der Waals surface area contributed by atoms with E-state index >= 15 is 0 Å². The van der Waals surface area contributed by atoms with Crippen LogP contribution in [0.3, 0.4) is 0 Å². The van der Waals surface area contributed by atoms with Crippen molar-refractivity contribution in [2.75, 3.05) is 0 Å². The Hall–Kier alpha value is -1.31. The van der Waals surface area contributed by atoms with Gasteiger partial charge in [-0.05, 0) is 25.5 Å². The van der Waals surface area contributed by atoms with Gasteiger partial charge in [0, 0.05) is 0 Å². The lowest BCUT2D eigenvalue weighted by Gasteiger charge is -2.00. The van der Waals surface area contributed by atoms with Crippen LogP contribution in [0.4, 0.5) is 0 Å². The first-order valence-corrected chi connectivity index (χ1v) is 3.27. The van der Waals surface area contributed by atoms with Gasteiger partial charge in [0.15, 0.2) is 0 Å². The van der Waals surface area contributed by atoms with Crippen LogP contribution in [0.5, 0.6) is 0 Å². The second-order valence-corrected chi connectivity index (χ2v) is 2.47. The second kappa shape index (κ2) is 2.74. The van der Waals surface area contributed by atoms with E-state index in [0.29, 0.717) is 5.56 Å². The van der Waals surface area contributed by atoms with Crippen LogP contribution >= 0.6 is 0 Å². The maximum atomic E-state index is 10.5. The van der Waals surface area contributed by atoms with E-state index in [2.05, 4.69) is 6.92 Å². The van der Waals surface area contributed by atoms with Gasteiger partial charge < -0.3 is 5.11 Å². The van der Waals surface area contributed by atoms with Crippen LogP contribution in [0.15, 0.2) is 18.2 Å². The minimum absolute atomic E-state index is 0.282. The molecule has 1 N–H and O–H groups in total. The summed E-state index contributed by atoms with van der Waals surface area (Å²) in [5.74, 6) is -0.918. The predicted octanol–water partition coefficient (Wildman–Crippen LogP) is 1.88. The zero-order valence-electron chi connectivity index (χ0n) is 6.29. The fraction of sp³-hybridized carbons (Fsp3) is 0.111. The lowest BCUT2D eigenvalue weighted by molar-refractivity contribution is 0.0696. The summed E-state index contributed by atoms with van der Waals surface area (Å²) < 4.78 is 0. The third-order valence-electron chi connectivity index (χ3n) is 1.50. The van der Waals surface area contributed by atoms with Crippen LogP contribution in [0, 0.1) is 13.8 Å². The Morgan fingerprint density at radius 2 is 2.18 bits per heavy atom. The van der Waals surface area contributed by atoms with E-state index in [9.17, 15) is 4.79 Å². The van der Waals surface area contributed by atoms with Crippen LogP contribution < -0.4 is 0 Å². The molecule has 2 heteroatoms. The number of aryl methyl sites for hydroxylation is 1. The summed E-state index contributed by atoms with van der Waals surface area (Å²) in [5, 5.41) is 8.65. The first-order chi connectivity index (χ1) is 5.11. The first-order valence-electron chi connectivity index (χ1n) is 3.27. The zero-order chi connectivity index (χ0) is 8.43. The molecule has 11 heavy (non-hydrogen) atoms. The molecule has 0 spiro atoms. The Morgan fingerprint density at radius 3 is 2.64 bits per heavy atom. The molecule has 1 aromatic carbocycles. The van der Waals surface area contributed by atoms with Crippen molar-refractivity contribution in [3.63, 3.8) is 0 Å². The molecule has 0 aromatic heterocycles. The molecular formula is C9H9O2. The molecule has 0 atom stereocenters. The first kappa shape index (κ1) is 7.79. The number of hydrogen-bond donors (Lipinski definition) is 1. The van der Waals surface area contributed by atoms with Gasteiger partial charge in [-0.3, -0.25) is 0 Å². The smallest absolute Gasteiger partial charge is 0.335 e. The van der Waals surface area contributed by atoms with Crippen LogP contribution in [0.25, 0.3) is 0 Å². The Labute approximate surface area is 65.5 Å². The predicted molar refractivity (Wildman–Crippen MR) is 42.6 cm³/mol. The van der Waals surface area contributed by atoms with Crippen molar-refractivity contribution in [2.45, 2.75) is 6.92 Å². The summed E-state index contributed by atoms with van der Waals surface area (Å²) in [6.45, 7) is 5.46. The third-order valence-corrected chi connectivity index (χ3v) is 1.50. The van der Waals surface area contributed by atoms with Gasteiger partial charge in [0.25, 0.3) is 0 Å². The monoisotopic (exact) mass is 149 g/mol. The van der Waals surface area contributed by atoms with Gasteiger partial charge in [0.1, 0.15) is 0 Å². The Kier molecular flexibility index (Phi) is 1.94. The molecule has 0 fully saturated rings. The number of benzene rings is 1. The molecule has 57 valence electrons. The molecule has 0 aliphatic heterocycles. The fourth-order valence-corrected chi connectivity index (χ4v) is 0.889. The zero-order valence-corrected chi connectivity index (χ0v) is 6.29. The lowest BCUT2D eigenvalue weighted by Crippen LogP contribution is -1.99. The van der Waals surface area contributed by atoms with Crippen molar-refractivity contribution >= 4 is 5.97 Å². The van der Waals surface area contributed by atoms with Crippen molar-refractivity contribution in [1.29, 1.82) is 0 Å². The van der Waals surface area contributed by atoms with Crippen molar-refractivity contribution in [2.24, 2.45) is 0 Å². The Bertz CT molecular complexity index is 290. The average Bonchev–Trinajstić information content (AvgIpc) is 1.94. The van der Waals surface area contributed by atoms with Crippen LogP contribution in [-0.2, 0) is 0 Å². The fourth-order valence-electron chi connectivity index (χ4n) is 0.889. The van der Waals surface area contributed by atoms with E-state index < -0.39 is 5.97 Å². The van der Waals surface area contributed by atoms with Gasteiger partial charge >= 0.3 is 5.97 Å². The topological polar surface area (TPSA) is 37.3 Å². The van der Waals surface area contributed by atoms with E-state index in [0.717, 1.165) is 5.56 Å². The van der Waals surface area contributed by atoms with Crippen molar-refractivity contribution < 1.29 is 9.90 Å². The largest absolute Gasteiger partial charge is 0.478 e. The molecule has 0 heterocycles. The molecule has 1 radical (unpaired) electrons. The molecule has 2 nitrogen and oxygen atoms in total. The SMILES string of the molecule is [CH2]c1ccc(C)cc1C(=O)O. The highest BCUT2D eigenvalue weighted by Gasteiger charge is 2.05. The number of rotatable bonds is 1. The maximum absolute atomic E-state index is 10.5. The molecule has 1 aromatic rings. The van der Waals surface area contributed by atoms with Crippen LogP contribution in [0.2, 0.25) is 0 Å². The lowest BCUT2D eigenvalue weighted by atomic mass is 10.1. The maximum Gasteiger partial charge on any atom is 0.335 e. The van der Waals surface area contributed by atoms with Crippen molar-refractivity contribution in [3.05, 3.63) is 41.8 Å². The number of aromatic carboxylic acids is 1. The van der Waals surface area contributed by atoms with Gasteiger partial charge in [-0.15, -0.1) is 0 Å². The minimum Gasteiger partial charge on any atom is -0.478 e. The van der Waals surface area contributed by atoms with Crippen molar-refractivity contribution in [1.82, 2.24) is 0 Å². The molecule has 1 rings (SSSR count). The average molecular weight is 149 g/mol. The summed E-state index contributed by atoms with van der Waals surface area (Å²) >= 11 is 0. The van der Waals surface area contributed by atoms with Gasteiger partial charge in [0.2, 0.25) is 0 Å². The number of carboxylic acid groups (broad SMARTS) is 1. The number of hydrogen-bond acceptors (Lipinski definition) is 1. The summed E-state index contributed by atoms with van der Waals surface area (Å²) in [7, 11) is 0. The van der Waals surface area contributed by atoms with E-state index in [-0.39, 0.29) is 5.56 Å². The van der Waals surface area contributed by atoms with Crippen LogP contribution in [-0.4, -0.2) is 11.1 Å². The second-order valence-electron chi connectivity index (χ2n) is 2.47. The molecule has 0 unspecified atom stereocenters. The standard InChI is InChI=1S/C9H9O2/c1-6-3-4-7(2)8(5-6)9(10)11/h3-5H,2H2,1H3,(H,10,11). The Morgan fingerprint density at radius 1 is 1.55 bits per heavy atom. The molecule has 0 saturated heterocycles. The molecule has 0 bridgehead atoms. The number of carbonyl (C=O) groups is 1. The van der Waals surface area contributed by atoms with E-state index in [4.69, 9.17) is 5.11 Å². The normalized spacial score (nSPS) is 9.64. The van der Waals surface area contributed by atoms with E-state index in [1.54, 1.807) is 12.1 Å². The minimum atomic E-state index is -0.918. The van der Waals surface area contributed by atoms with Gasteiger partial charge in [-0.25, -0.2) is 4.79 Å². The highest BCUT2D eigenvalue weighted by Crippen LogP contribution is 2.09. The van der Waals surface area contributed by atoms with Crippen molar-refractivity contribution in [3.8, 4) is 0 Å². The summed E-state index contributed by atoms with van der Waals surface area (Å²) in [4.78, 5) is 10.5. The summed E-state index contributed by atoms with van der Waals surface area (Å²) in [6, 6.07) is 5.16. The van der Waals surface area contributed by atoms with E-state index in [1.807, 2.05) is 13.0 Å². The summed E-state index contributed by atoms with van der Waals surface area (Å²) in [6.07, 6.45) is 0. The molecule has 0 amide bonds. The highest BCUT2D eigenvalue weighted by atomic mass is 16.4. The molecule has 0 aliphatic carbocycles. The molecular weight excluding hydrogens is 140 g/mol.